The van der Waals surface area contributed by atoms with Gasteiger partial charge in [0.1, 0.15) is 0 Å². The van der Waals surface area contributed by atoms with Gasteiger partial charge in [-0.3, -0.25) is 4.68 Å². The molecule has 0 amide bonds. The van der Waals surface area contributed by atoms with Crippen molar-refractivity contribution in [3.8, 4) is 0 Å². The molecule has 0 saturated heterocycles. The van der Waals surface area contributed by atoms with Gasteiger partial charge in [0.05, 0.1) is 24.6 Å². The van der Waals surface area contributed by atoms with E-state index in [1.165, 1.54) is 7.11 Å². The quantitative estimate of drug-likeness (QED) is 0.786. The summed E-state index contributed by atoms with van der Waals surface area (Å²) in [6.07, 6.45) is 3.78. The third-order valence-corrected chi connectivity index (χ3v) is 2.93. The molecule has 2 aromatic rings. The second kappa shape index (κ2) is 5.56. The number of benzene rings is 1. The summed E-state index contributed by atoms with van der Waals surface area (Å²) < 4.78 is 6.44. The lowest BCUT2D eigenvalue weighted by Crippen LogP contribution is -2.15. The lowest BCUT2D eigenvalue weighted by Gasteiger charge is -2.17. The van der Waals surface area contributed by atoms with Gasteiger partial charge in [-0.1, -0.05) is 12.1 Å². The maximum atomic E-state index is 11.3. The number of carbonyl (C=O) groups is 1. The predicted octanol–water partition coefficient (Wildman–Crippen LogP) is 1.84. The molecule has 0 bridgehead atoms. The number of esters is 1. The minimum absolute atomic E-state index is 0.313. The summed E-state index contributed by atoms with van der Waals surface area (Å²) in [7, 11) is 5.28. The number of rotatable bonds is 4. The zero-order chi connectivity index (χ0) is 13.8. The van der Waals surface area contributed by atoms with Crippen LogP contribution in [0.15, 0.2) is 36.7 Å². The molecular formula is C14H17N3O2. The van der Waals surface area contributed by atoms with Gasteiger partial charge in [-0.05, 0) is 17.7 Å². The number of methoxy groups -OCH3 is 1. The number of hydrogen-bond donors (Lipinski definition) is 0. The Hall–Kier alpha value is -2.30. The maximum Gasteiger partial charge on any atom is 0.337 e. The van der Waals surface area contributed by atoms with Crippen molar-refractivity contribution < 1.29 is 9.53 Å². The van der Waals surface area contributed by atoms with Crippen LogP contribution in [-0.2, 0) is 18.3 Å². The number of aromatic nitrogens is 2. The Morgan fingerprint density at radius 2 is 2.05 bits per heavy atom. The molecule has 0 spiro atoms. The lowest BCUT2D eigenvalue weighted by molar-refractivity contribution is 0.0600. The molecule has 100 valence electrons. The number of nitrogens with zero attached hydrogens (tertiary/aromatic N) is 3. The molecule has 0 radical (unpaired) electrons. The van der Waals surface area contributed by atoms with Gasteiger partial charge in [0.15, 0.2) is 0 Å². The largest absolute Gasteiger partial charge is 0.465 e. The Balaban J connectivity index is 2.05. The summed E-state index contributed by atoms with van der Waals surface area (Å²) in [5, 5.41) is 4.14. The summed E-state index contributed by atoms with van der Waals surface area (Å²) in [4.78, 5) is 13.4. The fourth-order valence-electron chi connectivity index (χ4n) is 1.83. The van der Waals surface area contributed by atoms with Crippen LogP contribution < -0.4 is 4.90 Å². The number of hydrogen-bond acceptors (Lipinski definition) is 4. The van der Waals surface area contributed by atoms with Crippen molar-refractivity contribution >= 4 is 11.7 Å². The highest BCUT2D eigenvalue weighted by molar-refractivity contribution is 5.89. The van der Waals surface area contributed by atoms with Crippen LogP contribution >= 0.6 is 0 Å². The minimum Gasteiger partial charge on any atom is -0.465 e. The zero-order valence-electron chi connectivity index (χ0n) is 11.3. The zero-order valence-corrected chi connectivity index (χ0v) is 11.3. The van der Waals surface area contributed by atoms with Crippen LogP contribution in [0.25, 0.3) is 0 Å². The van der Waals surface area contributed by atoms with Crippen LogP contribution in [0, 0.1) is 0 Å². The first-order valence-electron chi connectivity index (χ1n) is 5.97. The van der Waals surface area contributed by atoms with Crippen molar-refractivity contribution in [1.82, 2.24) is 9.78 Å². The minimum atomic E-state index is -0.313. The SMILES string of the molecule is COC(=O)c1ccc(CN(C)c2cnn(C)c2)cc1. The third kappa shape index (κ3) is 3.13. The van der Waals surface area contributed by atoms with Gasteiger partial charge in [-0.15, -0.1) is 0 Å². The van der Waals surface area contributed by atoms with Gasteiger partial charge in [0.2, 0.25) is 0 Å². The highest BCUT2D eigenvalue weighted by Gasteiger charge is 2.07. The van der Waals surface area contributed by atoms with Crippen molar-refractivity contribution in [1.29, 1.82) is 0 Å². The monoisotopic (exact) mass is 259 g/mol. The molecule has 0 aliphatic heterocycles. The molecule has 1 aromatic carbocycles. The van der Waals surface area contributed by atoms with Gasteiger partial charge in [-0.2, -0.15) is 5.10 Å². The van der Waals surface area contributed by atoms with Crippen LogP contribution in [0.5, 0.6) is 0 Å². The molecule has 0 aliphatic carbocycles. The van der Waals surface area contributed by atoms with Crippen LogP contribution in [0.4, 0.5) is 5.69 Å². The molecular weight excluding hydrogens is 242 g/mol. The third-order valence-electron chi connectivity index (χ3n) is 2.93. The van der Waals surface area contributed by atoms with Crippen molar-refractivity contribution in [2.24, 2.45) is 7.05 Å². The standard InChI is InChI=1S/C14H17N3O2/c1-16(13-8-15-17(2)10-13)9-11-4-6-12(7-5-11)14(18)19-3/h4-8,10H,9H2,1-3H3. The highest BCUT2D eigenvalue weighted by Crippen LogP contribution is 2.14. The lowest BCUT2D eigenvalue weighted by atomic mass is 10.1. The van der Waals surface area contributed by atoms with Gasteiger partial charge < -0.3 is 9.64 Å². The molecule has 1 heterocycles. The normalized spacial score (nSPS) is 10.3. The molecule has 0 unspecified atom stereocenters. The summed E-state index contributed by atoms with van der Waals surface area (Å²) in [6.45, 7) is 0.757. The Morgan fingerprint density at radius 3 is 2.58 bits per heavy atom. The van der Waals surface area contributed by atoms with Gasteiger partial charge in [0.25, 0.3) is 0 Å². The van der Waals surface area contributed by atoms with E-state index < -0.39 is 0 Å². The number of aryl methyl sites for hydroxylation is 1. The fraction of sp³-hybridized carbons (Fsp3) is 0.286. The van der Waals surface area contributed by atoms with E-state index in [0.717, 1.165) is 17.8 Å². The molecule has 1 aromatic heterocycles. The molecule has 5 nitrogen and oxygen atoms in total. The summed E-state index contributed by atoms with van der Waals surface area (Å²) in [5.41, 5.74) is 2.74. The highest BCUT2D eigenvalue weighted by atomic mass is 16.5. The Bertz CT molecular complexity index is 560. The number of carbonyl (C=O) groups excluding carboxylic acids is 1. The average Bonchev–Trinajstić information content (AvgIpc) is 2.85. The van der Waals surface area contributed by atoms with Crippen molar-refractivity contribution in [3.63, 3.8) is 0 Å². The molecule has 0 fully saturated rings. The van der Waals surface area contributed by atoms with Gasteiger partial charge >= 0.3 is 5.97 Å². The molecule has 0 aliphatic rings. The average molecular weight is 259 g/mol. The molecule has 5 heteroatoms. The van der Waals surface area contributed by atoms with E-state index in [4.69, 9.17) is 0 Å². The molecule has 19 heavy (non-hydrogen) atoms. The van der Waals surface area contributed by atoms with E-state index in [1.807, 2.05) is 38.6 Å². The van der Waals surface area contributed by atoms with Crippen LogP contribution in [0.3, 0.4) is 0 Å². The van der Waals surface area contributed by atoms with E-state index in [0.29, 0.717) is 5.56 Å². The Labute approximate surface area is 112 Å². The van der Waals surface area contributed by atoms with E-state index in [9.17, 15) is 4.79 Å². The summed E-state index contributed by atoms with van der Waals surface area (Å²) >= 11 is 0. The first-order valence-corrected chi connectivity index (χ1v) is 5.97. The van der Waals surface area contributed by atoms with Crippen molar-refractivity contribution in [3.05, 3.63) is 47.8 Å². The first-order chi connectivity index (χ1) is 9.10. The second-order valence-electron chi connectivity index (χ2n) is 4.42. The molecule has 0 N–H and O–H groups in total. The van der Waals surface area contributed by atoms with Crippen molar-refractivity contribution in [2.45, 2.75) is 6.54 Å². The topological polar surface area (TPSA) is 47.4 Å². The summed E-state index contributed by atoms with van der Waals surface area (Å²) in [5.74, 6) is -0.313. The van der Waals surface area contributed by atoms with Gasteiger partial charge in [0, 0.05) is 26.8 Å². The number of anilines is 1. The fourth-order valence-corrected chi connectivity index (χ4v) is 1.83. The summed E-state index contributed by atoms with van der Waals surface area (Å²) in [6, 6.07) is 7.41. The van der Waals surface area contributed by atoms with E-state index in [2.05, 4.69) is 14.7 Å². The predicted molar refractivity (Wildman–Crippen MR) is 73.1 cm³/mol. The Kier molecular flexibility index (Phi) is 3.85. The van der Waals surface area contributed by atoms with E-state index in [-0.39, 0.29) is 5.97 Å². The second-order valence-corrected chi connectivity index (χ2v) is 4.42. The smallest absolute Gasteiger partial charge is 0.337 e. The molecule has 0 saturated carbocycles. The van der Waals surface area contributed by atoms with Crippen LogP contribution in [0.2, 0.25) is 0 Å². The molecule has 0 atom stereocenters. The Morgan fingerprint density at radius 1 is 1.37 bits per heavy atom. The van der Waals surface area contributed by atoms with E-state index in [1.54, 1.807) is 16.8 Å². The van der Waals surface area contributed by atoms with Crippen LogP contribution in [0.1, 0.15) is 15.9 Å². The first kappa shape index (κ1) is 13.1. The maximum absolute atomic E-state index is 11.3. The van der Waals surface area contributed by atoms with Gasteiger partial charge in [-0.25, -0.2) is 4.79 Å². The van der Waals surface area contributed by atoms with E-state index >= 15 is 0 Å². The van der Waals surface area contributed by atoms with Crippen LogP contribution in [-0.4, -0.2) is 29.9 Å². The molecule has 2 rings (SSSR count). The van der Waals surface area contributed by atoms with Crippen molar-refractivity contribution in [2.75, 3.05) is 19.1 Å². The number of ether oxygens (including phenoxy) is 1.